The third kappa shape index (κ3) is 6.12. The standard InChI is InChI=1S/C8H18N2O2/c1-7(6-9)2-3-8(12)10-4-5-11/h7,11H,2-6,9H2,1H3,(H,10,12). The van der Waals surface area contributed by atoms with Gasteiger partial charge in [0.1, 0.15) is 0 Å². The van der Waals surface area contributed by atoms with Crippen LogP contribution in [0.25, 0.3) is 0 Å². The molecule has 0 aliphatic rings. The first-order chi connectivity index (χ1) is 5.70. The third-order valence-corrected chi connectivity index (χ3v) is 1.70. The minimum atomic E-state index is -0.00986. The van der Waals surface area contributed by atoms with Gasteiger partial charge in [-0.1, -0.05) is 6.92 Å². The van der Waals surface area contributed by atoms with Gasteiger partial charge in [0.25, 0.3) is 0 Å². The van der Waals surface area contributed by atoms with Gasteiger partial charge in [-0.05, 0) is 18.9 Å². The van der Waals surface area contributed by atoms with Crippen LogP contribution in [-0.4, -0.2) is 30.7 Å². The van der Waals surface area contributed by atoms with Gasteiger partial charge in [0.05, 0.1) is 6.61 Å². The van der Waals surface area contributed by atoms with E-state index in [9.17, 15) is 4.79 Å². The average Bonchev–Trinajstić information content (AvgIpc) is 2.10. The van der Waals surface area contributed by atoms with Crippen LogP contribution in [0.2, 0.25) is 0 Å². The molecule has 0 aromatic carbocycles. The van der Waals surface area contributed by atoms with Crippen LogP contribution in [0.3, 0.4) is 0 Å². The molecule has 12 heavy (non-hydrogen) atoms. The molecule has 1 atom stereocenters. The van der Waals surface area contributed by atoms with Crippen molar-refractivity contribution >= 4 is 5.91 Å². The van der Waals surface area contributed by atoms with Crippen molar-refractivity contribution < 1.29 is 9.90 Å². The van der Waals surface area contributed by atoms with E-state index >= 15 is 0 Å². The summed E-state index contributed by atoms with van der Waals surface area (Å²) in [5.74, 6) is 0.384. The second kappa shape index (κ2) is 7.06. The Morgan fingerprint density at radius 3 is 2.83 bits per heavy atom. The zero-order valence-corrected chi connectivity index (χ0v) is 7.55. The van der Waals surface area contributed by atoms with Gasteiger partial charge >= 0.3 is 0 Å². The predicted octanol–water partition coefficient (Wildman–Crippen LogP) is -0.530. The topological polar surface area (TPSA) is 75.4 Å². The molecule has 4 nitrogen and oxygen atoms in total. The summed E-state index contributed by atoms with van der Waals surface area (Å²) in [6.07, 6.45) is 1.31. The maximum absolute atomic E-state index is 11.0. The van der Waals surface area contributed by atoms with Crippen LogP contribution in [-0.2, 0) is 4.79 Å². The molecule has 4 heteroatoms. The summed E-state index contributed by atoms with van der Waals surface area (Å²) in [6, 6.07) is 0. The highest BCUT2D eigenvalue weighted by Crippen LogP contribution is 2.02. The van der Waals surface area contributed by atoms with Crippen LogP contribution >= 0.6 is 0 Å². The second-order valence-electron chi connectivity index (χ2n) is 2.95. The van der Waals surface area contributed by atoms with E-state index in [0.717, 1.165) is 6.42 Å². The molecule has 0 aliphatic heterocycles. The average molecular weight is 174 g/mol. The number of hydrogen-bond acceptors (Lipinski definition) is 3. The van der Waals surface area contributed by atoms with Crippen molar-refractivity contribution in [2.24, 2.45) is 11.7 Å². The minimum absolute atomic E-state index is 0.00180. The van der Waals surface area contributed by atoms with Crippen molar-refractivity contribution in [2.75, 3.05) is 19.7 Å². The molecule has 0 rings (SSSR count). The number of rotatable bonds is 6. The lowest BCUT2D eigenvalue weighted by atomic mass is 10.1. The fourth-order valence-electron chi connectivity index (χ4n) is 0.779. The number of aliphatic hydroxyl groups excluding tert-OH is 1. The van der Waals surface area contributed by atoms with Crippen molar-refractivity contribution in [1.29, 1.82) is 0 Å². The van der Waals surface area contributed by atoms with Gasteiger partial charge in [0.15, 0.2) is 0 Å². The summed E-state index contributed by atoms with van der Waals surface area (Å²) in [4.78, 5) is 11.0. The largest absolute Gasteiger partial charge is 0.395 e. The second-order valence-corrected chi connectivity index (χ2v) is 2.95. The molecule has 0 aromatic heterocycles. The highest BCUT2D eigenvalue weighted by atomic mass is 16.3. The minimum Gasteiger partial charge on any atom is -0.395 e. The fraction of sp³-hybridized carbons (Fsp3) is 0.875. The number of carbonyl (C=O) groups is 1. The Labute approximate surface area is 73.1 Å². The molecule has 0 fully saturated rings. The quantitative estimate of drug-likeness (QED) is 0.506. The summed E-state index contributed by atoms with van der Waals surface area (Å²) >= 11 is 0. The molecule has 0 radical (unpaired) electrons. The van der Waals surface area contributed by atoms with E-state index in [-0.39, 0.29) is 12.5 Å². The Balaban J connectivity index is 3.31. The normalized spacial score (nSPS) is 12.6. The summed E-state index contributed by atoms with van der Waals surface area (Å²) in [5, 5.41) is 11.0. The van der Waals surface area contributed by atoms with Gasteiger partial charge in [-0.2, -0.15) is 0 Å². The first-order valence-corrected chi connectivity index (χ1v) is 4.28. The number of carbonyl (C=O) groups excluding carboxylic acids is 1. The predicted molar refractivity (Wildman–Crippen MR) is 47.5 cm³/mol. The molecule has 0 saturated carbocycles. The van der Waals surface area contributed by atoms with Crippen LogP contribution in [0.4, 0.5) is 0 Å². The summed E-state index contributed by atoms with van der Waals surface area (Å²) in [5.41, 5.74) is 5.39. The van der Waals surface area contributed by atoms with Crippen LogP contribution in [0.15, 0.2) is 0 Å². The van der Waals surface area contributed by atoms with E-state index in [0.29, 0.717) is 25.4 Å². The molecular weight excluding hydrogens is 156 g/mol. The Morgan fingerprint density at radius 1 is 1.67 bits per heavy atom. The molecule has 1 unspecified atom stereocenters. The van der Waals surface area contributed by atoms with E-state index in [4.69, 9.17) is 10.8 Å². The lowest BCUT2D eigenvalue weighted by Crippen LogP contribution is -2.27. The van der Waals surface area contributed by atoms with Gasteiger partial charge in [-0.3, -0.25) is 4.79 Å². The smallest absolute Gasteiger partial charge is 0.220 e. The molecular formula is C8H18N2O2. The van der Waals surface area contributed by atoms with E-state index in [2.05, 4.69) is 5.32 Å². The molecule has 0 saturated heterocycles. The van der Waals surface area contributed by atoms with E-state index < -0.39 is 0 Å². The summed E-state index contributed by atoms with van der Waals surface area (Å²) < 4.78 is 0. The first-order valence-electron chi connectivity index (χ1n) is 4.28. The number of hydrogen-bond donors (Lipinski definition) is 3. The lowest BCUT2D eigenvalue weighted by Gasteiger charge is -2.07. The highest BCUT2D eigenvalue weighted by molar-refractivity contribution is 5.75. The fourth-order valence-corrected chi connectivity index (χ4v) is 0.779. The Bertz CT molecular complexity index is 128. The van der Waals surface area contributed by atoms with Crippen LogP contribution in [0, 0.1) is 5.92 Å². The van der Waals surface area contributed by atoms with Crippen molar-refractivity contribution in [2.45, 2.75) is 19.8 Å². The van der Waals surface area contributed by atoms with Crippen molar-refractivity contribution in [1.82, 2.24) is 5.32 Å². The molecule has 0 aliphatic carbocycles. The number of aliphatic hydroxyl groups is 1. The summed E-state index contributed by atoms with van der Waals surface area (Å²) in [7, 11) is 0. The number of amides is 1. The van der Waals surface area contributed by atoms with Gasteiger partial charge in [0, 0.05) is 13.0 Å². The maximum Gasteiger partial charge on any atom is 0.220 e. The maximum atomic E-state index is 11.0. The van der Waals surface area contributed by atoms with Crippen LogP contribution in [0.1, 0.15) is 19.8 Å². The number of nitrogens with one attached hydrogen (secondary N) is 1. The lowest BCUT2D eigenvalue weighted by molar-refractivity contribution is -0.121. The molecule has 4 N–H and O–H groups in total. The Morgan fingerprint density at radius 2 is 2.33 bits per heavy atom. The molecule has 0 heterocycles. The van der Waals surface area contributed by atoms with Gasteiger partial charge < -0.3 is 16.2 Å². The monoisotopic (exact) mass is 174 g/mol. The highest BCUT2D eigenvalue weighted by Gasteiger charge is 2.03. The zero-order chi connectivity index (χ0) is 9.40. The van der Waals surface area contributed by atoms with Crippen molar-refractivity contribution in [3.63, 3.8) is 0 Å². The van der Waals surface area contributed by atoms with Crippen molar-refractivity contribution in [3.8, 4) is 0 Å². The Hall–Kier alpha value is -0.610. The van der Waals surface area contributed by atoms with E-state index in [1.54, 1.807) is 0 Å². The SMILES string of the molecule is CC(CN)CCC(=O)NCCO. The van der Waals surface area contributed by atoms with Gasteiger partial charge in [-0.25, -0.2) is 0 Å². The molecule has 0 bridgehead atoms. The van der Waals surface area contributed by atoms with Crippen molar-refractivity contribution in [3.05, 3.63) is 0 Å². The van der Waals surface area contributed by atoms with Crippen LogP contribution in [0.5, 0.6) is 0 Å². The van der Waals surface area contributed by atoms with E-state index in [1.165, 1.54) is 0 Å². The molecule has 72 valence electrons. The van der Waals surface area contributed by atoms with Gasteiger partial charge in [-0.15, -0.1) is 0 Å². The molecule has 0 spiro atoms. The van der Waals surface area contributed by atoms with Crippen LogP contribution < -0.4 is 11.1 Å². The molecule has 0 aromatic rings. The molecule has 1 amide bonds. The first kappa shape index (κ1) is 11.4. The third-order valence-electron chi connectivity index (χ3n) is 1.70. The van der Waals surface area contributed by atoms with E-state index in [1.807, 2.05) is 6.92 Å². The number of nitrogens with two attached hydrogens (primary N) is 1. The zero-order valence-electron chi connectivity index (χ0n) is 7.55. The van der Waals surface area contributed by atoms with Gasteiger partial charge in [0.2, 0.25) is 5.91 Å². The Kier molecular flexibility index (Phi) is 6.70. The summed E-state index contributed by atoms with van der Waals surface area (Å²) in [6.45, 7) is 2.97.